The first-order chi connectivity index (χ1) is 6.79. The lowest BCUT2D eigenvalue weighted by Gasteiger charge is -2.14. The SMILES string of the molecule is CS(C)(C)C#Cc1c(F)cc(N)cc1F. The van der Waals surface area contributed by atoms with Crippen molar-refractivity contribution in [2.75, 3.05) is 24.5 Å². The number of hydrogen-bond donors (Lipinski definition) is 1. The van der Waals surface area contributed by atoms with Crippen LogP contribution in [0.4, 0.5) is 14.5 Å². The van der Waals surface area contributed by atoms with Crippen molar-refractivity contribution >= 4 is 15.7 Å². The van der Waals surface area contributed by atoms with E-state index >= 15 is 0 Å². The van der Waals surface area contributed by atoms with E-state index in [-0.39, 0.29) is 11.3 Å². The summed E-state index contributed by atoms with van der Waals surface area (Å²) >= 11 is 0. The summed E-state index contributed by atoms with van der Waals surface area (Å²) in [5, 5.41) is 2.85. The number of nitrogens with two attached hydrogens (primary N) is 1. The molecule has 15 heavy (non-hydrogen) atoms. The highest BCUT2D eigenvalue weighted by Crippen LogP contribution is 2.32. The van der Waals surface area contributed by atoms with Gasteiger partial charge in [-0.25, -0.2) is 8.78 Å². The van der Waals surface area contributed by atoms with Crippen molar-refractivity contribution in [3.63, 3.8) is 0 Å². The Balaban J connectivity index is 3.20. The molecule has 0 saturated carbocycles. The third-order valence-corrected chi connectivity index (χ3v) is 2.26. The lowest BCUT2D eigenvalue weighted by atomic mass is 10.2. The summed E-state index contributed by atoms with van der Waals surface area (Å²) in [6, 6.07) is 2.15. The molecule has 1 aromatic carbocycles. The van der Waals surface area contributed by atoms with E-state index in [0.29, 0.717) is 0 Å². The maximum Gasteiger partial charge on any atom is 0.143 e. The third-order valence-electron chi connectivity index (χ3n) is 1.55. The molecule has 1 aromatic rings. The maximum atomic E-state index is 13.3. The zero-order valence-corrected chi connectivity index (χ0v) is 9.71. The largest absolute Gasteiger partial charge is 0.399 e. The van der Waals surface area contributed by atoms with Crippen molar-refractivity contribution < 1.29 is 8.78 Å². The molecule has 82 valence electrons. The van der Waals surface area contributed by atoms with Crippen LogP contribution in [0.3, 0.4) is 0 Å². The predicted octanol–water partition coefficient (Wildman–Crippen LogP) is 2.55. The van der Waals surface area contributed by atoms with Gasteiger partial charge in [0.1, 0.15) is 11.6 Å². The van der Waals surface area contributed by atoms with E-state index in [4.69, 9.17) is 5.73 Å². The van der Waals surface area contributed by atoms with Crippen LogP contribution in [-0.4, -0.2) is 18.8 Å². The summed E-state index contributed by atoms with van der Waals surface area (Å²) in [5.74, 6) is 1.12. The molecule has 0 spiro atoms. The van der Waals surface area contributed by atoms with Crippen LogP contribution >= 0.6 is 10.0 Å². The molecule has 0 aliphatic rings. The smallest absolute Gasteiger partial charge is 0.143 e. The Labute approximate surface area is 90.0 Å². The van der Waals surface area contributed by atoms with Crippen molar-refractivity contribution in [3.05, 3.63) is 29.3 Å². The highest BCUT2D eigenvalue weighted by Gasteiger charge is 2.08. The van der Waals surface area contributed by atoms with Crippen molar-refractivity contribution in [1.29, 1.82) is 0 Å². The average molecular weight is 229 g/mol. The molecule has 0 atom stereocenters. The predicted molar refractivity (Wildman–Crippen MR) is 63.0 cm³/mol. The van der Waals surface area contributed by atoms with Gasteiger partial charge in [-0.2, -0.15) is 10.0 Å². The Kier molecular flexibility index (Phi) is 3.25. The van der Waals surface area contributed by atoms with Crippen molar-refractivity contribution in [2.24, 2.45) is 0 Å². The second-order valence-electron chi connectivity index (χ2n) is 3.92. The van der Waals surface area contributed by atoms with Gasteiger partial charge in [0, 0.05) is 5.69 Å². The molecule has 4 heteroatoms. The molecule has 0 radical (unpaired) electrons. The zero-order chi connectivity index (χ0) is 11.6. The van der Waals surface area contributed by atoms with Crippen LogP contribution in [0.25, 0.3) is 0 Å². The number of hydrogen-bond acceptors (Lipinski definition) is 1. The Morgan fingerprint density at radius 3 is 2.00 bits per heavy atom. The Bertz CT molecular complexity index is 415. The minimum atomic E-state index is -1.09. The van der Waals surface area contributed by atoms with Crippen molar-refractivity contribution in [2.45, 2.75) is 0 Å². The number of benzene rings is 1. The van der Waals surface area contributed by atoms with Gasteiger partial charge in [0.25, 0.3) is 0 Å². The van der Waals surface area contributed by atoms with Gasteiger partial charge in [-0.1, -0.05) is 5.92 Å². The summed E-state index contributed by atoms with van der Waals surface area (Å²) < 4.78 is 26.5. The van der Waals surface area contributed by atoms with Crippen LogP contribution in [-0.2, 0) is 0 Å². The highest BCUT2D eigenvalue weighted by atomic mass is 32.3. The maximum absolute atomic E-state index is 13.3. The molecule has 0 heterocycles. The molecule has 0 aromatic heterocycles. The Morgan fingerprint density at radius 1 is 1.13 bits per heavy atom. The Hall–Kier alpha value is -1.21. The molecule has 0 aliphatic heterocycles. The quantitative estimate of drug-likeness (QED) is 0.537. The molecule has 0 saturated heterocycles. The first kappa shape index (κ1) is 11.9. The van der Waals surface area contributed by atoms with Crippen LogP contribution in [0.15, 0.2) is 12.1 Å². The highest BCUT2D eigenvalue weighted by molar-refractivity contribution is 8.35. The summed E-state index contributed by atoms with van der Waals surface area (Å²) in [6.07, 6.45) is 5.85. The number of anilines is 1. The normalized spacial score (nSPS) is 11.8. The van der Waals surface area contributed by atoms with E-state index in [9.17, 15) is 8.78 Å². The molecular weight excluding hydrogens is 216 g/mol. The van der Waals surface area contributed by atoms with E-state index < -0.39 is 21.7 Å². The number of halogens is 2. The lowest BCUT2D eigenvalue weighted by molar-refractivity contribution is 0.579. The third kappa shape index (κ3) is 3.45. The molecule has 0 bridgehead atoms. The van der Waals surface area contributed by atoms with Gasteiger partial charge in [-0.3, -0.25) is 0 Å². The average Bonchev–Trinajstić information content (AvgIpc) is 1.99. The van der Waals surface area contributed by atoms with Gasteiger partial charge >= 0.3 is 0 Å². The molecule has 1 rings (SSSR count). The first-order valence-electron chi connectivity index (χ1n) is 4.25. The van der Waals surface area contributed by atoms with E-state index in [0.717, 1.165) is 12.1 Å². The molecule has 1 nitrogen and oxygen atoms in total. The lowest BCUT2D eigenvalue weighted by Crippen LogP contribution is -1.95. The molecule has 0 amide bonds. The molecule has 0 unspecified atom stereocenters. The van der Waals surface area contributed by atoms with Gasteiger partial charge in [-0.05, 0) is 36.2 Å². The van der Waals surface area contributed by atoms with Gasteiger partial charge in [0.05, 0.1) is 5.56 Å². The van der Waals surface area contributed by atoms with E-state index in [1.54, 1.807) is 0 Å². The van der Waals surface area contributed by atoms with Crippen LogP contribution < -0.4 is 5.73 Å². The first-order valence-corrected chi connectivity index (χ1v) is 7.11. The van der Waals surface area contributed by atoms with Gasteiger partial charge in [0.2, 0.25) is 0 Å². The molecule has 0 fully saturated rings. The van der Waals surface area contributed by atoms with E-state index in [1.165, 1.54) is 0 Å². The van der Waals surface area contributed by atoms with Crippen LogP contribution in [0.5, 0.6) is 0 Å². The Morgan fingerprint density at radius 2 is 1.60 bits per heavy atom. The van der Waals surface area contributed by atoms with Crippen LogP contribution in [0, 0.1) is 22.8 Å². The van der Waals surface area contributed by atoms with Gasteiger partial charge in [0.15, 0.2) is 0 Å². The monoisotopic (exact) mass is 229 g/mol. The van der Waals surface area contributed by atoms with Crippen molar-refractivity contribution in [1.82, 2.24) is 0 Å². The molecular formula is C11H13F2NS. The minimum Gasteiger partial charge on any atom is -0.399 e. The summed E-state index contributed by atoms with van der Waals surface area (Å²) in [7, 11) is -1.09. The number of nitrogen functional groups attached to an aromatic ring is 1. The molecule has 2 N–H and O–H groups in total. The second kappa shape index (κ2) is 4.11. The van der Waals surface area contributed by atoms with Gasteiger partial charge in [-0.15, -0.1) is 0 Å². The van der Waals surface area contributed by atoms with Crippen LogP contribution in [0.2, 0.25) is 0 Å². The van der Waals surface area contributed by atoms with Gasteiger partial charge < -0.3 is 5.73 Å². The van der Waals surface area contributed by atoms with E-state index in [2.05, 4.69) is 11.2 Å². The minimum absolute atomic E-state index is 0.0682. The fraction of sp³-hybridized carbons (Fsp3) is 0.273. The summed E-state index contributed by atoms with van der Waals surface area (Å²) in [5.41, 5.74) is 5.15. The molecule has 0 aliphatic carbocycles. The second-order valence-corrected chi connectivity index (χ2v) is 7.80. The zero-order valence-electron chi connectivity index (χ0n) is 8.90. The summed E-state index contributed by atoms with van der Waals surface area (Å²) in [4.78, 5) is 0. The van der Waals surface area contributed by atoms with Crippen molar-refractivity contribution in [3.8, 4) is 11.2 Å². The fourth-order valence-corrected chi connectivity index (χ4v) is 1.32. The van der Waals surface area contributed by atoms with Crippen LogP contribution in [0.1, 0.15) is 5.56 Å². The summed E-state index contributed by atoms with van der Waals surface area (Å²) in [6.45, 7) is 0. The standard InChI is InChI=1S/C11H13F2NS/c1-15(2,3)5-4-9-10(12)6-8(14)7-11(9)13/h6-7H,14H2,1-3H3. The number of rotatable bonds is 0. The topological polar surface area (TPSA) is 26.0 Å². The van der Waals surface area contributed by atoms with E-state index in [1.807, 2.05) is 18.8 Å². The fourth-order valence-electron chi connectivity index (χ4n) is 0.916.